The number of anilines is 2. The van der Waals surface area contributed by atoms with Gasteiger partial charge in [-0.2, -0.15) is 5.26 Å². The summed E-state index contributed by atoms with van der Waals surface area (Å²) in [5, 5.41) is 22.9. The smallest absolute Gasteiger partial charge is 0.226 e. The molecule has 3 unspecified atom stereocenters. The number of ether oxygens (including phenoxy) is 1. The summed E-state index contributed by atoms with van der Waals surface area (Å²) in [6.45, 7) is 11.4. The molecule has 39 heavy (non-hydrogen) atoms. The van der Waals surface area contributed by atoms with Gasteiger partial charge in [0, 0.05) is 41.5 Å². The number of allylic oxidation sites excluding steroid dienone is 2. The van der Waals surface area contributed by atoms with Crippen molar-refractivity contribution >= 4 is 59.1 Å². The largest absolute Gasteiger partial charge is 0.389 e. The van der Waals surface area contributed by atoms with Crippen LogP contribution in [0.1, 0.15) is 73.7 Å². The number of halogens is 1. The Morgan fingerprint density at radius 1 is 1.41 bits per heavy atom. The fourth-order valence-electron chi connectivity index (χ4n) is 5.52. The molecule has 3 aromatic rings. The molecule has 0 spiro atoms. The van der Waals surface area contributed by atoms with Crippen LogP contribution in [-0.2, 0) is 18.0 Å². The van der Waals surface area contributed by atoms with Crippen LogP contribution < -0.4 is 15.9 Å². The van der Waals surface area contributed by atoms with Gasteiger partial charge in [0.05, 0.1) is 34.8 Å². The summed E-state index contributed by atoms with van der Waals surface area (Å²) < 4.78 is 21.2. The number of aliphatic hydroxyl groups is 1. The Balaban J connectivity index is 1.82. The van der Waals surface area contributed by atoms with Crippen molar-refractivity contribution in [1.82, 2.24) is 9.97 Å². The van der Waals surface area contributed by atoms with Crippen molar-refractivity contribution in [3.8, 4) is 6.07 Å². The highest BCUT2D eigenvalue weighted by Crippen LogP contribution is 2.46. The van der Waals surface area contributed by atoms with Crippen LogP contribution in [0.3, 0.4) is 0 Å². The molecule has 1 aromatic carbocycles. The number of nitrogen functional groups attached to an aromatic ring is 1. The van der Waals surface area contributed by atoms with Crippen LogP contribution in [0, 0.1) is 17.2 Å². The molecule has 0 amide bonds. The van der Waals surface area contributed by atoms with E-state index in [0.29, 0.717) is 54.1 Å². The lowest BCUT2D eigenvalue weighted by Gasteiger charge is -2.23. The summed E-state index contributed by atoms with van der Waals surface area (Å²) in [7, 11) is 2.84. The zero-order chi connectivity index (χ0) is 28.2. The maximum Gasteiger partial charge on any atom is 0.226 e. The Morgan fingerprint density at radius 2 is 2.13 bits per heavy atom. The van der Waals surface area contributed by atoms with E-state index in [-0.39, 0.29) is 11.5 Å². The van der Waals surface area contributed by atoms with Gasteiger partial charge in [0.1, 0.15) is 16.9 Å². The zero-order valence-electron chi connectivity index (χ0n) is 22.9. The second-order valence-corrected chi connectivity index (χ2v) is 12.2. The normalized spacial score (nSPS) is 21.9. The van der Waals surface area contributed by atoms with Crippen LogP contribution in [0.15, 0.2) is 17.8 Å². The van der Waals surface area contributed by atoms with Gasteiger partial charge in [-0.1, -0.05) is 25.5 Å². The number of β-amino-alcohol motifs (C(OH)–C–C–N with tert-alkyl or cyclic N) is 1. The molecule has 4 heterocycles. The molecule has 0 radical (unpaired) electrons. The summed E-state index contributed by atoms with van der Waals surface area (Å²) in [4.78, 5) is 12.1. The number of thiophene rings is 1. The van der Waals surface area contributed by atoms with E-state index in [0.717, 1.165) is 55.4 Å². The molecule has 1 fully saturated rings. The predicted molar refractivity (Wildman–Crippen MR) is 160 cm³/mol. The molecule has 1 saturated heterocycles. The highest BCUT2D eigenvalue weighted by molar-refractivity contribution is 7.28. The van der Waals surface area contributed by atoms with Gasteiger partial charge in [-0.05, 0) is 49.5 Å². The minimum atomic E-state index is -0.826. The van der Waals surface area contributed by atoms with Crippen LogP contribution in [0.4, 0.5) is 15.3 Å². The van der Waals surface area contributed by atoms with Crippen molar-refractivity contribution < 1.29 is 14.2 Å². The molecule has 10 heteroatoms. The monoisotopic (exact) mass is 565 g/mol. The molecule has 2 aliphatic rings. The maximum atomic E-state index is 15.3. The van der Waals surface area contributed by atoms with Gasteiger partial charge in [-0.15, -0.1) is 20.6 Å². The van der Waals surface area contributed by atoms with Crippen LogP contribution in [0.25, 0.3) is 22.3 Å². The van der Waals surface area contributed by atoms with Crippen molar-refractivity contribution in [3.63, 3.8) is 0 Å². The molecule has 0 aliphatic carbocycles. The molecule has 2 aromatic heterocycles. The summed E-state index contributed by atoms with van der Waals surface area (Å²) >= 11 is 1.09. The summed E-state index contributed by atoms with van der Waals surface area (Å²) in [5.41, 5.74) is 11.7. The predicted octanol–water partition coefficient (Wildman–Crippen LogP) is 5.44. The van der Waals surface area contributed by atoms with Gasteiger partial charge in [-0.25, -0.2) is 14.4 Å². The molecule has 0 saturated carbocycles. The van der Waals surface area contributed by atoms with Gasteiger partial charge < -0.3 is 20.5 Å². The SMILES string of the molecule is C/C=C(/F)c1sc(N)c(C#N)c1/C(=C(\C)CC)c1c2c(c3cnc(N4CC(C)C(C)(O)C4)nc3c1P)COC2. The number of hydrogen-bond acceptors (Lipinski definition) is 8. The molecule has 0 bridgehead atoms. The summed E-state index contributed by atoms with van der Waals surface area (Å²) in [5.74, 6) is 0.214. The number of aromatic nitrogens is 2. The van der Waals surface area contributed by atoms with Crippen molar-refractivity contribution in [2.75, 3.05) is 23.7 Å². The molecule has 5 rings (SSSR count). The van der Waals surface area contributed by atoms with E-state index in [1.54, 1.807) is 6.92 Å². The second kappa shape index (κ2) is 10.3. The van der Waals surface area contributed by atoms with Crippen LogP contribution in [-0.4, -0.2) is 33.8 Å². The minimum absolute atomic E-state index is 0.0754. The third-order valence-electron chi connectivity index (χ3n) is 8.11. The number of nitrogens with two attached hydrogens (primary N) is 1. The van der Waals surface area contributed by atoms with E-state index in [1.165, 1.54) is 6.08 Å². The van der Waals surface area contributed by atoms with Gasteiger partial charge >= 0.3 is 0 Å². The van der Waals surface area contributed by atoms with Gasteiger partial charge in [-0.3, -0.25) is 0 Å². The van der Waals surface area contributed by atoms with Gasteiger partial charge in [0.15, 0.2) is 0 Å². The Labute approximate surface area is 234 Å². The lowest BCUT2D eigenvalue weighted by atomic mass is 9.85. The van der Waals surface area contributed by atoms with E-state index >= 15 is 4.39 Å². The van der Waals surface area contributed by atoms with Crippen LogP contribution in [0.2, 0.25) is 0 Å². The fraction of sp³-hybridized carbons (Fsp3) is 0.414. The Morgan fingerprint density at radius 3 is 2.74 bits per heavy atom. The highest BCUT2D eigenvalue weighted by Gasteiger charge is 2.40. The van der Waals surface area contributed by atoms with Crippen LogP contribution >= 0.6 is 20.6 Å². The van der Waals surface area contributed by atoms with Crippen molar-refractivity contribution in [2.45, 2.75) is 59.9 Å². The third-order valence-corrected chi connectivity index (χ3v) is 9.70. The van der Waals surface area contributed by atoms with Crippen molar-refractivity contribution in [3.05, 3.63) is 50.5 Å². The van der Waals surface area contributed by atoms with Gasteiger partial charge in [0.2, 0.25) is 5.95 Å². The van der Waals surface area contributed by atoms with E-state index < -0.39 is 11.4 Å². The average Bonchev–Trinajstić information content (AvgIpc) is 3.60. The lowest BCUT2D eigenvalue weighted by molar-refractivity contribution is 0.0443. The Hall–Kier alpha value is -2.89. The van der Waals surface area contributed by atoms with E-state index in [2.05, 4.69) is 20.3 Å². The van der Waals surface area contributed by atoms with Crippen molar-refractivity contribution in [2.24, 2.45) is 5.92 Å². The van der Waals surface area contributed by atoms with E-state index in [9.17, 15) is 10.4 Å². The number of rotatable bonds is 5. The topological polar surface area (TPSA) is 108 Å². The Kier molecular flexibility index (Phi) is 7.28. The number of hydrogen-bond donors (Lipinski definition) is 2. The van der Waals surface area contributed by atoms with Crippen molar-refractivity contribution in [1.29, 1.82) is 5.26 Å². The quantitative estimate of drug-likeness (QED) is 0.397. The standard InChI is InChI=1S/C29H33FN5O2PS/c1-6-14(3)21(23-16(8-31)27(32)39-26(23)20(30)7-2)22-19-12-37-11-18(19)17-9-33-28(34-24(17)25(22)38)35-10-15(4)29(5,36)13-35/h7,9,15,36H,6,10-13,32,38H2,1-5H3/b20-7+,21-14+. The van der Waals surface area contributed by atoms with Crippen LogP contribution in [0.5, 0.6) is 0 Å². The number of nitrogens with zero attached hydrogens (tertiary/aromatic N) is 4. The summed E-state index contributed by atoms with van der Waals surface area (Å²) in [6, 6.07) is 2.24. The number of nitriles is 1. The summed E-state index contributed by atoms with van der Waals surface area (Å²) in [6.07, 6.45) is 3.93. The molecule has 7 nitrogen and oxygen atoms in total. The molecule has 204 valence electrons. The third kappa shape index (κ3) is 4.44. The molecule has 3 atom stereocenters. The number of benzene rings is 1. The lowest BCUT2D eigenvalue weighted by Crippen LogP contribution is -2.33. The molecular formula is C29H33FN5O2PS. The first kappa shape index (κ1) is 27.7. The molecular weight excluding hydrogens is 532 g/mol. The minimum Gasteiger partial charge on any atom is -0.389 e. The average molecular weight is 566 g/mol. The fourth-order valence-corrected chi connectivity index (χ4v) is 7.05. The van der Waals surface area contributed by atoms with E-state index in [1.807, 2.05) is 38.8 Å². The van der Waals surface area contributed by atoms with Gasteiger partial charge in [0.25, 0.3) is 0 Å². The number of fused-ring (bicyclic) bond motifs is 3. The van der Waals surface area contributed by atoms with E-state index in [4.69, 9.17) is 15.5 Å². The Bertz CT molecular complexity index is 1600. The first-order valence-electron chi connectivity index (χ1n) is 13.0. The second-order valence-electron chi connectivity index (χ2n) is 10.6. The molecule has 3 N–H and O–H groups in total. The molecule has 2 aliphatic heterocycles. The first-order valence-corrected chi connectivity index (χ1v) is 14.4. The zero-order valence-corrected chi connectivity index (χ0v) is 24.8. The highest BCUT2D eigenvalue weighted by atomic mass is 32.1. The first-order chi connectivity index (χ1) is 18.5. The maximum absolute atomic E-state index is 15.3.